The highest BCUT2D eigenvalue weighted by Crippen LogP contribution is 2.30. The third-order valence-electron chi connectivity index (χ3n) is 7.15. The molecule has 5 rings (SSSR count). The minimum absolute atomic E-state index is 0.177. The summed E-state index contributed by atoms with van der Waals surface area (Å²) in [6, 6.07) is 18.5. The van der Waals surface area contributed by atoms with Gasteiger partial charge in [0.2, 0.25) is 0 Å². The lowest BCUT2D eigenvalue weighted by Crippen LogP contribution is -2.27. The van der Waals surface area contributed by atoms with Crippen molar-refractivity contribution >= 4 is 22.9 Å². The fourth-order valence-electron chi connectivity index (χ4n) is 5.00. The molecule has 0 radical (unpaired) electrons. The smallest absolute Gasteiger partial charge is 0.416 e. The van der Waals surface area contributed by atoms with Crippen molar-refractivity contribution in [1.29, 1.82) is 0 Å². The van der Waals surface area contributed by atoms with E-state index in [1.807, 2.05) is 18.4 Å². The lowest BCUT2D eigenvalue weighted by Gasteiger charge is -2.21. The number of benzene rings is 3. The maximum atomic E-state index is 13.9. The van der Waals surface area contributed by atoms with E-state index in [-0.39, 0.29) is 18.6 Å². The lowest BCUT2D eigenvalue weighted by atomic mass is 10.1. The number of carbonyl (C=O) groups excluding carboxylic acids is 1. The molecule has 0 aliphatic rings. The van der Waals surface area contributed by atoms with Crippen molar-refractivity contribution in [3.8, 4) is 11.4 Å². The average Bonchev–Trinajstić information content (AvgIpc) is 3.42. The Kier molecular flexibility index (Phi) is 9.17. The van der Waals surface area contributed by atoms with Gasteiger partial charge < -0.3 is 14.0 Å². The second-order valence-electron chi connectivity index (χ2n) is 10.2. The fourth-order valence-corrected chi connectivity index (χ4v) is 5.00. The molecule has 0 bridgehead atoms. The van der Waals surface area contributed by atoms with Crippen LogP contribution in [0, 0.1) is 0 Å². The van der Waals surface area contributed by atoms with Gasteiger partial charge in [0.05, 0.1) is 47.1 Å². The topological polar surface area (TPSA) is 88.2 Å². The molecule has 2 heterocycles. The maximum absolute atomic E-state index is 13.9. The van der Waals surface area contributed by atoms with Crippen LogP contribution in [0.25, 0.3) is 22.7 Å². The minimum Gasteiger partial charge on any atom is -0.494 e. The summed E-state index contributed by atoms with van der Waals surface area (Å²) in [5, 5.41) is 0.441. The molecule has 232 valence electrons. The highest BCUT2D eigenvalue weighted by Gasteiger charge is 2.30. The summed E-state index contributed by atoms with van der Waals surface area (Å²) in [7, 11) is 0. The Morgan fingerprint density at radius 3 is 2.33 bits per heavy atom. The summed E-state index contributed by atoms with van der Waals surface area (Å²) in [5.74, 6) is 1.02. The van der Waals surface area contributed by atoms with E-state index in [2.05, 4.69) is 4.98 Å². The number of hydrogen-bond acceptors (Lipinski definition) is 6. The van der Waals surface area contributed by atoms with Crippen LogP contribution in [-0.4, -0.2) is 38.3 Å². The summed E-state index contributed by atoms with van der Waals surface area (Å²) < 4.78 is 53.5. The van der Waals surface area contributed by atoms with E-state index < -0.39 is 23.8 Å². The molecule has 2 aromatic heterocycles. The standard InChI is InChI=1S/C34H31F3N4O4/c1-4-44-27-17-15-26(16-18-27)41-32(39-29-9-7-6-8-28(29)33(41)43)22(3)40-21-25(14-19-31(42)45-5-2)38-30(40)20-23-10-12-24(13-11-23)34(35,36)37/h6-19,21-22H,4-5,20H2,1-3H3/b19-14+. The SMILES string of the molecule is CCOC(=O)/C=C/c1cn(C(C)c2nc3ccccc3c(=O)n2-c2ccc(OCC)cc2)c(Cc2ccc(C(F)(F)F)cc2)n1. The van der Waals surface area contributed by atoms with Crippen LogP contribution in [0.1, 0.15) is 55.3 Å². The fraction of sp³-hybridized carbons (Fsp3) is 0.235. The van der Waals surface area contributed by atoms with Gasteiger partial charge in [-0.1, -0.05) is 24.3 Å². The van der Waals surface area contributed by atoms with Crippen molar-refractivity contribution in [3.05, 3.63) is 124 Å². The number of halogens is 3. The molecule has 11 heteroatoms. The third kappa shape index (κ3) is 6.98. The summed E-state index contributed by atoms with van der Waals surface area (Å²) in [4.78, 5) is 35.5. The van der Waals surface area contributed by atoms with Gasteiger partial charge in [-0.3, -0.25) is 9.36 Å². The molecule has 1 unspecified atom stereocenters. The Bertz CT molecular complexity index is 1890. The van der Waals surface area contributed by atoms with Crippen LogP contribution >= 0.6 is 0 Å². The monoisotopic (exact) mass is 616 g/mol. The number of ether oxygens (including phenoxy) is 2. The number of aromatic nitrogens is 4. The normalized spacial score (nSPS) is 12.5. The number of nitrogens with zero attached hydrogens (tertiary/aromatic N) is 4. The van der Waals surface area contributed by atoms with Crippen molar-refractivity contribution in [1.82, 2.24) is 19.1 Å². The lowest BCUT2D eigenvalue weighted by molar-refractivity contribution is -0.138. The number of rotatable bonds is 10. The molecule has 5 aromatic rings. The zero-order valence-corrected chi connectivity index (χ0v) is 24.9. The van der Waals surface area contributed by atoms with Gasteiger partial charge in [0.15, 0.2) is 0 Å². The molecule has 45 heavy (non-hydrogen) atoms. The van der Waals surface area contributed by atoms with Crippen molar-refractivity contribution in [3.63, 3.8) is 0 Å². The molecule has 1 atom stereocenters. The molecule has 0 saturated heterocycles. The van der Waals surface area contributed by atoms with E-state index in [1.165, 1.54) is 24.3 Å². The molecule has 0 N–H and O–H groups in total. The van der Waals surface area contributed by atoms with Crippen LogP contribution in [-0.2, 0) is 22.1 Å². The molecule has 0 saturated carbocycles. The van der Waals surface area contributed by atoms with Gasteiger partial charge in [-0.25, -0.2) is 14.8 Å². The van der Waals surface area contributed by atoms with Gasteiger partial charge in [-0.15, -0.1) is 0 Å². The van der Waals surface area contributed by atoms with Crippen molar-refractivity contribution in [2.24, 2.45) is 0 Å². The minimum atomic E-state index is -4.46. The maximum Gasteiger partial charge on any atom is 0.416 e. The number of hydrogen-bond donors (Lipinski definition) is 0. The number of fused-ring (bicyclic) bond motifs is 1. The number of esters is 1. The van der Waals surface area contributed by atoms with Crippen molar-refractivity contribution < 1.29 is 27.4 Å². The van der Waals surface area contributed by atoms with Gasteiger partial charge in [-0.2, -0.15) is 13.2 Å². The highest BCUT2D eigenvalue weighted by molar-refractivity contribution is 5.86. The third-order valence-corrected chi connectivity index (χ3v) is 7.15. The molecule has 8 nitrogen and oxygen atoms in total. The van der Waals surface area contributed by atoms with E-state index in [1.54, 1.807) is 66.2 Å². The van der Waals surface area contributed by atoms with E-state index in [0.717, 1.165) is 12.1 Å². The van der Waals surface area contributed by atoms with Crippen LogP contribution in [0.15, 0.2) is 89.9 Å². The summed E-state index contributed by atoms with van der Waals surface area (Å²) >= 11 is 0. The second-order valence-corrected chi connectivity index (χ2v) is 10.2. The van der Waals surface area contributed by atoms with Crippen molar-refractivity contribution in [2.75, 3.05) is 13.2 Å². The number of alkyl halides is 3. The molecule has 0 amide bonds. The van der Waals surface area contributed by atoms with Crippen LogP contribution in [0.5, 0.6) is 5.75 Å². The van der Waals surface area contributed by atoms with Crippen LogP contribution in [0.4, 0.5) is 13.2 Å². The Morgan fingerprint density at radius 1 is 0.956 bits per heavy atom. The largest absolute Gasteiger partial charge is 0.494 e. The molecular weight excluding hydrogens is 585 g/mol. The van der Waals surface area contributed by atoms with Gasteiger partial charge in [0.25, 0.3) is 5.56 Å². The van der Waals surface area contributed by atoms with Crippen LogP contribution in [0.2, 0.25) is 0 Å². The second kappa shape index (κ2) is 13.2. The number of para-hydroxylation sites is 1. The van der Waals surface area contributed by atoms with Gasteiger partial charge in [0.1, 0.15) is 17.4 Å². The van der Waals surface area contributed by atoms with E-state index in [4.69, 9.17) is 14.5 Å². The van der Waals surface area contributed by atoms with E-state index >= 15 is 0 Å². The Hall–Kier alpha value is -5.19. The first-order valence-corrected chi connectivity index (χ1v) is 14.4. The van der Waals surface area contributed by atoms with E-state index in [9.17, 15) is 22.8 Å². The highest BCUT2D eigenvalue weighted by atomic mass is 19.4. The van der Waals surface area contributed by atoms with E-state index in [0.29, 0.717) is 51.9 Å². The predicted octanol–water partition coefficient (Wildman–Crippen LogP) is 6.78. The first-order valence-electron chi connectivity index (χ1n) is 14.4. The molecule has 0 aliphatic heterocycles. The zero-order chi connectivity index (χ0) is 32.1. The van der Waals surface area contributed by atoms with Gasteiger partial charge in [0, 0.05) is 18.7 Å². The van der Waals surface area contributed by atoms with Crippen LogP contribution in [0.3, 0.4) is 0 Å². The molecule has 0 fully saturated rings. The number of carbonyl (C=O) groups is 1. The predicted molar refractivity (Wildman–Crippen MR) is 164 cm³/mol. The Balaban J connectivity index is 1.63. The van der Waals surface area contributed by atoms with Gasteiger partial charge >= 0.3 is 12.1 Å². The quantitative estimate of drug-likeness (QED) is 0.127. The molecule has 0 aliphatic carbocycles. The summed E-state index contributed by atoms with van der Waals surface area (Å²) in [5.41, 5.74) is 1.10. The molecule has 3 aromatic carbocycles. The van der Waals surface area contributed by atoms with Crippen LogP contribution < -0.4 is 10.3 Å². The summed E-state index contributed by atoms with van der Waals surface area (Å²) in [6.45, 7) is 6.15. The Morgan fingerprint density at radius 2 is 1.67 bits per heavy atom. The van der Waals surface area contributed by atoms with Crippen molar-refractivity contribution in [2.45, 2.75) is 39.4 Å². The number of imidazole rings is 1. The van der Waals surface area contributed by atoms with Gasteiger partial charge in [-0.05, 0) is 80.9 Å². The molecular formula is C34H31F3N4O4. The molecule has 0 spiro atoms. The summed E-state index contributed by atoms with van der Waals surface area (Å²) in [6.07, 6.45) is 0.195. The average molecular weight is 617 g/mol. The first-order chi connectivity index (χ1) is 21.6. The Labute approximate surface area is 257 Å². The zero-order valence-electron chi connectivity index (χ0n) is 24.9. The first kappa shape index (κ1) is 31.2.